The van der Waals surface area contributed by atoms with Gasteiger partial charge in [-0.15, -0.1) is 12.4 Å². The second-order valence-electron chi connectivity index (χ2n) is 5.41. The van der Waals surface area contributed by atoms with E-state index in [-0.39, 0.29) is 30.8 Å². The minimum Gasteiger partial charge on any atom is -0.465 e. The van der Waals surface area contributed by atoms with Gasteiger partial charge in [-0.2, -0.15) is 0 Å². The van der Waals surface area contributed by atoms with E-state index < -0.39 is 0 Å². The molecule has 1 saturated heterocycles. The van der Waals surface area contributed by atoms with Crippen molar-refractivity contribution in [2.45, 2.75) is 6.92 Å². The highest BCUT2D eigenvalue weighted by molar-refractivity contribution is 6.42. The number of carbonyl (C=O) groups excluding carboxylic acids is 2. The van der Waals surface area contributed by atoms with Crippen molar-refractivity contribution in [1.29, 1.82) is 0 Å². The molecule has 0 bridgehead atoms. The van der Waals surface area contributed by atoms with Crippen LogP contribution in [0.15, 0.2) is 24.3 Å². The predicted molar refractivity (Wildman–Crippen MR) is 102 cm³/mol. The first-order valence-corrected chi connectivity index (χ1v) is 8.55. The fraction of sp³-hybridized carbons (Fsp3) is 0.412. The Morgan fingerprint density at radius 1 is 1.16 bits per heavy atom. The summed E-state index contributed by atoms with van der Waals surface area (Å²) in [6, 6.07) is 5.21. The van der Waals surface area contributed by atoms with Crippen LogP contribution in [0.2, 0.25) is 10.0 Å². The van der Waals surface area contributed by atoms with Crippen LogP contribution in [0.3, 0.4) is 0 Å². The van der Waals surface area contributed by atoms with Crippen molar-refractivity contribution in [2.75, 3.05) is 39.3 Å². The van der Waals surface area contributed by atoms with Gasteiger partial charge in [-0.05, 0) is 30.7 Å². The highest BCUT2D eigenvalue weighted by Crippen LogP contribution is 2.23. The molecule has 1 aromatic carbocycles. The maximum absolute atomic E-state index is 12.2. The van der Waals surface area contributed by atoms with Crippen LogP contribution in [0, 0.1) is 0 Å². The van der Waals surface area contributed by atoms with Gasteiger partial charge < -0.3 is 9.64 Å². The first-order chi connectivity index (χ1) is 11.5. The lowest BCUT2D eigenvalue weighted by Gasteiger charge is -2.33. The van der Waals surface area contributed by atoms with E-state index in [1.54, 1.807) is 36.1 Å². The summed E-state index contributed by atoms with van der Waals surface area (Å²) in [5, 5.41) is 0.941. The fourth-order valence-corrected chi connectivity index (χ4v) is 2.71. The molecule has 2 rings (SSSR count). The van der Waals surface area contributed by atoms with E-state index >= 15 is 0 Å². The molecule has 0 aliphatic carbocycles. The summed E-state index contributed by atoms with van der Waals surface area (Å²) in [5.74, 6) is -0.284. The van der Waals surface area contributed by atoms with Crippen LogP contribution in [0.25, 0.3) is 6.08 Å². The molecular formula is C17H21Cl3N2O3. The van der Waals surface area contributed by atoms with Gasteiger partial charge in [0.2, 0.25) is 5.91 Å². The van der Waals surface area contributed by atoms with Crippen LogP contribution in [-0.4, -0.2) is 61.0 Å². The smallest absolute Gasteiger partial charge is 0.320 e. The van der Waals surface area contributed by atoms with E-state index in [0.29, 0.717) is 42.8 Å². The molecule has 8 heteroatoms. The van der Waals surface area contributed by atoms with E-state index in [1.807, 2.05) is 4.90 Å². The minimum absolute atomic E-state index is 0. The number of ether oxygens (including phenoxy) is 1. The largest absolute Gasteiger partial charge is 0.465 e. The molecule has 0 aromatic heterocycles. The number of carbonyl (C=O) groups is 2. The molecule has 1 heterocycles. The van der Waals surface area contributed by atoms with Gasteiger partial charge in [-0.25, -0.2) is 0 Å². The molecule has 138 valence electrons. The number of benzene rings is 1. The average Bonchev–Trinajstić information content (AvgIpc) is 2.56. The number of rotatable bonds is 5. The Hall–Kier alpha value is -1.27. The predicted octanol–water partition coefficient (Wildman–Crippen LogP) is 3.14. The summed E-state index contributed by atoms with van der Waals surface area (Å²) >= 11 is 11.8. The van der Waals surface area contributed by atoms with E-state index in [1.165, 1.54) is 6.08 Å². The fourth-order valence-electron chi connectivity index (χ4n) is 2.40. The number of esters is 1. The van der Waals surface area contributed by atoms with Gasteiger partial charge in [0.15, 0.2) is 0 Å². The number of nitrogens with zero attached hydrogens (tertiary/aromatic N) is 2. The lowest BCUT2D eigenvalue weighted by atomic mass is 10.2. The Balaban J connectivity index is 0.00000312. The third-order valence-electron chi connectivity index (χ3n) is 3.70. The monoisotopic (exact) mass is 406 g/mol. The summed E-state index contributed by atoms with van der Waals surface area (Å²) in [7, 11) is 0. The molecule has 0 saturated carbocycles. The van der Waals surface area contributed by atoms with E-state index in [4.69, 9.17) is 27.9 Å². The van der Waals surface area contributed by atoms with E-state index in [9.17, 15) is 9.59 Å². The van der Waals surface area contributed by atoms with Gasteiger partial charge in [0.1, 0.15) is 0 Å². The third-order valence-corrected chi connectivity index (χ3v) is 4.44. The first kappa shape index (κ1) is 21.8. The Kier molecular flexibility index (Phi) is 9.28. The lowest BCUT2D eigenvalue weighted by Crippen LogP contribution is -2.49. The SMILES string of the molecule is CCOC(=O)CN1CCN(C(=O)/C=C/c2ccc(Cl)c(Cl)c2)CC1.Cl. The Morgan fingerprint density at radius 3 is 2.44 bits per heavy atom. The zero-order valence-electron chi connectivity index (χ0n) is 13.9. The molecule has 0 spiro atoms. The standard InChI is InChI=1S/C17H20Cl2N2O3.ClH/c1-2-24-17(23)12-20-7-9-21(10-8-20)16(22)6-4-13-3-5-14(18)15(19)11-13;/h3-6,11H,2,7-10,12H2,1H3;1H/b6-4+;. The maximum atomic E-state index is 12.2. The number of amides is 1. The molecule has 5 nitrogen and oxygen atoms in total. The van der Waals surface area contributed by atoms with Gasteiger partial charge in [-0.3, -0.25) is 14.5 Å². The molecule has 0 radical (unpaired) electrons. The topological polar surface area (TPSA) is 49.9 Å². The first-order valence-electron chi connectivity index (χ1n) is 7.79. The molecule has 1 aromatic rings. The van der Waals surface area contributed by atoms with Crippen LogP contribution >= 0.6 is 35.6 Å². The Labute approximate surface area is 163 Å². The summed E-state index contributed by atoms with van der Waals surface area (Å²) in [5.41, 5.74) is 0.818. The van der Waals surface area contributed by atoms with Gasteiger partial charge in [0.05, 0.1) is 23.2 Å². The molecule has 0 atom stereocenters. The summed E-state index contributed by atoms with van der Waals surface area (Å²) < 4.78 is 4.93. The molecule has 25 heavy (non-hydrogen) atoms. The van der Waals surface area contributed by atoms with Crippen molar-refractivity contribution in [3.63, 3.8) is 0 Å². The third kappa shape index (κ3) is 6.86. The highest BCUT2D eigenvalue weighted by atomic mass is 35.5. The van der Waals surface area contributed by atoms with E-state index in [0.717, 1.165) is 5.56 Å². The quantitative estimate of drug-likeness (QED) is 0.556. The van der Waals surface area contributed by atoms with E-state index in [2.05, 4.69) is 0 Å². The van der Waals surface area contributed by atoms with Gasteiger partial charge in [-0.1, -0.05) is 29.3 Å². The van der Waals surface area contributed by atoms with Crippen molar-refractivity contribution in [2.24, 2.45) is 0 Å². The molecule has 1 amide bonds. The Bertz CT molecular complexity index is 630. The second kappa shape index (κ2) is 10.7. The van der Waals surface area contributed by atoms with Crippen molar-refractivity contribution in [3.8, 4) is 0 Å². The van der Waals surface area contributed by atoms with Gasteiger partial charge in [0.25, 0.3) is 0 Å². The van der Waals surface area contributed by atoms with Gasteiger partial charge in [0, 0.05) is 32.3 Å². The van der Waals surface area contributed by atoms with Crippen LogP contribution in [0.4, 0.5) is 0 Å². The second-order valence-corrected chi connectivity index (χ2v) is 6.23. The van der Waals surface area contributed by atoms with Crippen LogP contribution in [0.1, 0.15) is 12.5 Å². The van der Waals surface area contributed by atoms with Crippen molar-refractivity contribution >= 4 is 53.6 Å². The van der Waals surface area contributed by atoms with Crippen molar-refractivity contribution < 1.29 is 14.3 Å². The summed E-state index contributed by atoms with van der Waals surface area (Å²) in [6.45, 7) is 4.94. The molecular weight excluding hydrogens is 387 g/mol. The number of hydrogen-bond donors (Lipinski definition) is 0. The number of hydrogen-bond acceptors (Lipinski definition) is 4. The Morgan fingerprint density at radius 2 is 1.84 bits per heavy atom. The minimum atomic E-state index is -0.225. The van der Waals surface area contributed by atoms with Gasteiger partial charge >= 0.3 is 5.97 Å². The maximum Gasteiger partial charge on any atom is 0.320 e. The molecule has 1 aliphatic heterocycles. The number of halogens is 3. The molecule has 0 unspecified atom stereocenters. The normalized spacial score (nSPS) is 15.1. The number of piperazine rings is 1. The van der Waals surface area contributed by atoms with Crippen molar-refractivity contribution in [3.05, 3.63) is 39.9 Å². The molecule has 0 N–H and O–H groups in total. The summed E-state index contributed by atoms with van der Waals surface area (Å²) in [6.07, 6.45) is 3.25. The van der Waals surface area contributed by atoms with Crippen LogP contribution in [0.5, 0.6) is 0 Å². The van der Waals surface area contributed by atoms with Crippen LogP contribution in [-0.2, 0) is 14.3 Å². The lowest BCUT2D eigenvalue weighted by molar-refractivity contribution is -0.145. The molecule has 1 fully saturated rings. The molecule has 1 aliphatic rings. The zero-order chi connectivity index (χ0) is 17.5. The van der Waals surface area contributed by atoms with Crippen molar-refractivity contribution in [1.82, 2.24) is 9.80 Å². The zero-order valence-corrected chi connectivity index (χ0v) is 16.2. The summed E-state index contributed by atoms with van der Waals surface area (Å²) in [4.78, 5) is 27.4. The van der Waals surface area contributed by atoms with Crippen LogP contribution < -0.4 is 0 Å². The average molecular weight is 408 g/mol. The highest BCUT2D eigenvalue weighted by Gasteiger charge is 2.21.